The zero-order chi connectivity index (χ0) is 16.1. The van der Waals surface area contributed by atoms with Crippen molar-refractivity contribution < 1.29 is 13.9 Å². The number of ether oxygens (including phenoxy) is 1. The first-order valence-electron chi connectivity index (χ1n) is 7.59. The van der Waals surface area contributed by atoms with Gasteiger partial charge in [-0.2, -0.15) is 0 Å². The summed E-state index contributed by atoms with van der Waals surface area (Å²) < 4.78 is 18.3. The molecule has 5 nitrogen and oxygen atoms in total. The third kappa shape index (κ3) is 7.25. The lowest BCUT2D eigenvalue weighted by Gasteiger charge is -2.08. The molecular formula is C17H20Cl2FN3O2. The van der Waals surface area contributed by atoms with Gasteiger partial charge in [0.15, 0.2) is 0 Å². The lowest BCUT2D eigenvalue weighted by Crippen LogP contribution is -2.29. The molecule has 3 rings (SSSR count). The van der Waals surface area contributed by atoms with Gasteiger partial charge in [0.1, 0.15) is 11.6 Å². The molecule has 25 heavy (non-hydrogen) atoms. The maximum Gasteiger partial charge on any atom is 0.238 e. The summed E-state index contributed by atoms with van der Waals surface area (Å²) in [7, 11) is 0. The first-order chi connectivity index (χ1) is 11.2. The Kier molecular flexibility index (Phi) is 8.61. The van der Waals surface area contributed by atoms with Crippen LogP contribution in [0.2, 0.25) is 0 Å². The van der Waals surface area contributed by atoms with Crippen LogP contribution in [0.25, 0.3) is 0 Å². The van der Waals surface area contributed by atoms with Crippen LogP contribution in [-0.2, 0) is 4.79 Å². The van der Waals surface area contributed by atoms with Gasteiger partial charge < -0.3 is 15.4 Å². The largest absolute Gasteiger partial charge is 0.439 e. The van der Waals surface area contributed by atoms with E-state index in [1.165, 1.54) is 43.3 Å². The van der Waals surface area contributed by atoms with E-state index in [2.05, 4.69) is 15.6 Å². The number of benzene rings is 1. The molecule has 1 saturated carbocycles. The van der Waals surface area contributed by atoms with Crippen LogP contribution in [0.3, 0.4) is 0 Å². The summed E-state index contributed by atoms with van der Waals surface area (Å²) in [5.74, 6) is 1.20. The average molecular weight is 388 g/mol. The number of carbonyl (C=O) groups is 1. The van der Waals surface area contributed by atoms with Gasteiger partial charge in [-0.3, -0.25) is 4.79 Å². The minimum absolute atomic E-state index is 0. The second kappa shape index (κ2) is 10.2. The summed E-state index contributed by atoms with van der Waals surface area (Å²) >= 11 is 0. The van der Waals surface area contributed by atoms with Gasteiger partial charge in [-0.05, 0) is 55.6 Å². The predicted molar refractivity (Wildman–Crippen MR) is 99.4 cm³/mol. The Morgan fingerprint density at radius 2 is 1.88 bits per heavy atom. The summed E-state index contributed by atoms with van der Waals surface area (Å²) in [4.78, 5) is 15.9. The van der Waals surface area contributed by atoms with Gasteiger partial charge in [0.05, 0.1) is 18.4 Å². The standard InChI is InChI=1S/C17H18FN3O2.2ClH/c18-13-3-6-15(7-4-13)23-17-8-5-14(10-20-17)21-16(22)11-19-9-12-1-2-12;;/h3-8,10,12,19H,1-2,9,11H2,(H,21,22);2*1H. The number of amides is 1. The zero-order valence-electron chi connectivity index (χ0n) is 13.4. The van der Waals surface area contributed by atoms with E-state index >= 15 is 0 Å². The molecule has 1 amide bonds. The third-order valence-corrected chi connectivity index (χ3v) is 3.47. The minimum Gasteiger partial charge on any atom is -0.439 e. The molecule has 136 valence electrons. The maximum absolute atomic E-state index is 12.8. The van der Waals surface area contributed by atoms with E-state index in [9.17, 15) is 9.18 Å². The number of carbonyl (C=O) groups excluding carboxylic acids is 1. The van der Waals surface area contributed by atoms with E-state index in [0.717, 1.165) is 12.5 Å². The highest BCUT2D eigenvalue weighted by molar-refractivity contribution is 5.92. The van der Waals surface area contributed by atoms with Crippen molar-refractivity contribution in [1.29, 1.82) is 0 Å². The van der Waals surface area contributed by atoms with Gasteiger partial charge in [0.2, 0.25) is 11.8 Å². The molecule has 2 aromatic rings. The predicted octanol–water partition coefficient (Wildman–Crippen LogP) is 3.79. The van der Waals surface area contributed by atoms with Crippen molar-refractivity contribution in [2.75, 3.05) is 18.4 Å². The fourth-order valence-corrected chi connectivity index (χ4v) is 2.05. The molecule has 0 bridgehead atoms. The van der Waals surface area contributed by atoms with E-state index in [-0.39, 0.29) is 36.5 Å². The Labute approximate surface area is 158 Å². The Balaban J connectivity index is 0.00000156. The Bertz CT molecular complexity index is 665. The molecule has 2 N–H and O–H groups in total. The van der Waals surface area contributed by atoms with Crippen molar-refractivity contribution in [3.05, 3.63) is 48.4 Å². The lowest BCUT2D eigenvalue weighted by molar-refractivity contribution is -0.115. The summed E-state index contributed by atoms with van der Waals surface area (Å²) in [5, 5.41) is 5.89. The van der Waals surface area contributed by atoms with Crippen molar-refractivity contribution in [3.63, 3.8) is 0 Å². The average Bonchev–Trinajstić information content (AvgIpc) is 3.36. The van der Waals surface area contributed by atoms with Crippen LogP contribution < -0.4 is 15.4 Å². The molecule has 1 aromatic carbocycles. The number of hydrogen-bond donors (Lipinski definition) is 2. The number of rotatable bonds is 7. The van der Waals surface area contributed by atoms with Crippen LogP contribution in [0.15, 0.2) is 42.6 Å². The molecule has 1 fully saturated rings. The molecular weight excluding hydrogens is 368 g/mol. The van der Waals surface area contributed by atoms with Crippen molar-refractivity contribution in [1.82, 2.24) is 10.3 Å². The first kappa shape index (κ1) is 21.2. The quantitative estimate of drug-likeness (QED) is 0.758. The normalized spacial score (nSPS) is 12.5. The van der Waals surface area contributed by atoms with Crippen LogP contribution in [0, 0.1) is 11.7 Å². The molecule has 0 aliphatic heterocycles. The van der Waals surface area contributed by atoms with Crippen molar-refractivity contribution in [2.45, 2.75) is 12.8 Å². The fraction of sp³-hybridized carbons (Fsp3) is 0.294. The molecule has 1 aliphatic carbocycles. The number of anilines is 1. The SMILES string of the molecule is Cl.Cl.O=C(CNCC1CC1)Nc1ccc(Oc2ccc(F)cc2)nc1. The lowest BCUT2D eigenvalue weighted by atomic mass is 10.3. The van der Waals surface area contributed by atoms with Crippen LogP contribution in [0.1, 0.15) is 12.8 Å². The van der Waals surface area contributed by atoms with Gasteiger partial charge in [-0.1, -0.05) is 0 Å². The van der Waals surface area contributed by atoms with Crippen molar-refractivity contribution in [2.24, 2.45) is 5.92 Å². The van der Waals surface area contributed by atoms with Gasteiger partial charge in [-0.25, -0.2) is 9.37 Å². The smallest absolute Gasteiger partial charge is 0.238 e. The van der Waals surface area contributed by atoms with Gasteiger partial charge in [0, 0.05) is 6.07 Å². The molecule has 0 radical (unpaired) electrons. The van der Waals surface area contributed by atoms with Crippen molar-refractivity contribution >= 4 is 36.4 Å². The topological polar surface area (TPSA) is 63.2 Å². The van der Waals surface area contributed by atoms with E-state index < -0.39 is 0 Å². The second-order valence-electron chi connectivity index (χ2n) is 5.56. The Morgan fingerprint density at radius 1 is 1.16 bits per heavy atom. The monoisotopic (exact) mass is 387 g/mol. The summed E-state index contributed by atoms with van der Waals surface area (Å²) in [6, 6.07) is 9.05. The highest BCUT2D eigenvalue weighted by Crippen LogP contribution is 2.27. The molecule has 1 aliphatic rings. The number of halogens is 3. The first-order valence-corrected chi connectivity index (χ1v) is 7.59. The van der Waals surface area contributed by atoms with Crippen LogP contribution >= 0.6 is 24.8 Å². The molecule has 1 aromatic heterocycles. The minimum atomic E-state index is -0.321. The van der Waals surface area contributed by atoms with E-state index in [0.29, 0.717) is 23.9 Å². The molecule has 0 atom stereocenters. The van der Waals surface area contributed by atoms with Crippen LogP contribution in [0.4, 0.5) is 10.1 Å². The molecule has 1 heterocycles. The van der Waals surface area contributed by atoms with Crippen LogP contribution in [0.5, 0.6) is 11.6 Å². The number of hydrogen-bond acceptors (Lipinski definition) is 4. The number of aromatic nitrogens is 1. The summed E-state index contributed by atoms with van der Waals surface area (Å²) in [6.45, 7) is 1.19. The highest BCUT2D eigenvalue weighted by atomic mass is 35.5. The zero-order valence-corrected chi connectivity index (χ0v) is 15.0. The second-order valence-corrected chi connectivity index (χ2v) is 5.56. The maximum atomic E-state index is 12.8. The molecule has 0 saturated heterocycles. The molecule has 0 spiro atoms. The summed E-state index contributed by atoms with van der Waals surface area (Å²) in [5.41, 5.74) is 0.606. The van der Waals surface area contributed by atoms with E-state index in [1.54, 1.807) is 12.1 Å². The highest BCUT2D eigenvalue weighted by Gasteiger charge is 2.20. The number of nitrogens with one attached hydrogen (secondary N) is 2. The molecule has 8 heteroatoms. The fourth-order valence-electron chi connectivity index (χ4n) is 2.05. The summed E-state index contributed by atoms with van der Waals surface area (Å²) in [6.07, 6.45) is 4.04. The van der Waals surface area contributed by atoms with Gasteiger partial charge >= 0.3 is 0 Å². The van der Waals surface area contributed by atoms with E-state index in [4.69, 9.17) is 4.74 Å². The third-order valence-electron chi connectivity index (χ3n) is 3.47. The van der Waals surface area contributed by atoms with E-state index in [1.807, 2.05) is 0 Å². The number of pyridine rings is 1. The number of nitrogens with zero attached hydrogens (tertiary/aromatic N) is 1. The van der Waals surface area contributed by atoms with Crippen LogP contribution in [-0.4, -0.2) is 24.0 Å². The van der Waals surface area contributed by atoms with Crippen molar-refractivity contribution in [3.8, 4) is 11.6 Å². The Hall–Kier alpha value is -1.89. The Morgan fingerprint density at radius 3 is 2.48 bits per heavy atom. The van der Waals surface area contributed by atoms with Gasteiger partial charge in [-0.15, -0.1) is 24.8 Å². The molecule has 0 unspecified atom stereocenters. The van der Waals surface area contributed by atoms with Gasteiger partial charge in [0.25, 0.3) is 0 Å².